The third-order valence-corrected chi connectivity index (χ3v) is 4.63. The monoisotopic (exact) mass is 306 g/mol. The van der Waals surface area contributed by atoms with Gasteiger partial charge in [-0.3, -0.25) is 0 Å². The summed E-state index contributed by atoms with van der Waals surface area (Å²) in [6.07, 6.45) is 8.92. The van der Waals surface area contributed by atoms with E-state index in [-0.39, 0.29) is 5.82 Å². The summed E-state index contributed by atoms with van der Waals surface area (Å²) >= 11 is 0. The van der Waals surface area contributed by atoms with Gasteiger partial charge in [0, 0.05) is 42.7 Å². The molecule has 1 aliphatic rings. The Morgan fingerprint density at radius 1 is 0.957 bits per heavy atom. The summed E-state index contributed by atoms with van der Waals surface area (Å²) in [5.41, 5.74) is 5.00. The van der Waals surface area contributed by atoms with Crippen LogP contribution in [0.2, 0.25) is 0 Å². The van der Waals surface area contributed by atoms with Crippen LogP contribution in [0.25, 0.3) is 11.3 Å². The number of halogens is 1. The second kappa shape index (κ2) is 4.41. The molecule has 0 aromatic carbocycles. The van der Waals surface area contributed by atoms with Crippen LogP contribution in [-0.2, 0) is 0 Å². The Labute approximate surface area is 132 Å². The summed E-state index contributed by atoms with van der Waals surface area (Å²) in [4.78, 5) is 9.32. The van der Waals surface area contributed by atoms with Crippen molar-refractivity contribution in [3.63, 3.8) is 0 Å². The van der Waals surface area contributed by atoms with E-state index < -0.39 is 0 Å². The number of pyridine rings is 2. The molecular weight excluding hydrogens is 291 g/mol. The first kappa shape index (κ1) is 12.8. The van der Waals surface area contributed by atoms with E-state index in [1.54, 1.807) is 6.20 Å². The van der Waals surface area contributed by atoms with Crippen LogP contribution in [-0.4, -0.2) is 18.8 Å². The van der Waals surface area contributed by atoms with Crippen LogP contribution in [0.3, 0.4) is 0 Å². The minimum Gasteiger partial charge on any atom is -0.307 e. The molecule has 4 heterocycles. The molecule has 0 saturated heterocycles. The molecule has 2 atom stereocenters. The van der Waals surface area contributed by atoms with Gasteiger partial charge in [0.05, 0.1) is 11.4 Å². The molecule has 1 aliphatic carbocycles. The predicted molar refractivity (Wildman–Crippen MR) is 85.2 cm³/mol. The molecule has 4 nitrogen and oxygen atoms in total. The van der Waals surface area contributed by atoms with Crippen molar-refractivity contribution in [3.05, 3.63) is 71.8 Å². The Balaban J connectivity index is 1.48. The van der Waals surface area contributed by atoms with Gasteiger partial charge in [0.2, 0.25) is 0 Å². The summed E-state index contributed by atoms with van der Waals surface area (Å²) in [6, 6.07) is 7.09. The maximum Gasteiger partial charge on any atom is 0.139 e. The van der Waals surface area contributed by atoms with Crippen molar-refractivity contribution in [2.75, 3.05) is 0 Å². The van der Waals surface area contributed by atoms with Crippen LogP contribution in [0.15, 0.2) is 49.1 Å². The Morgan fingerprint density at radius 2 is 1.57 bits per heavy atom. The van der Waals surface area contributed by atoms with Crippen LogP contribution >= 0.6 is 0 Å². The summed E-state index contributed by atoms with van der Waals surface area (Å²) < 4.78 is 17.2. The van der Waals surface area contributed by atoms with Crippen molar-refractivity contribution >= 4 is 11.3 Å². The van der Waals surface area contributed by atoms with Gasteiger partial charge in [0.1, 0.15) is 17.1 Å². The van der Waals surface area contributed by atoms with E-state index in [1.807, 2.05) is 16.8 Å². The van der Waals surface area contributed by atoms with Gasteiger partial charge in [-0.2, -0.15) is 0 Å². The largest absolute Gasteiger partial charge is 0.307 e. The van der Waals surface area contributed by atoms with E-state index >= 15 is 0 Å². The highest BCUT2D eigenvalue weighted by molar-refractivity contribution is 5.46. The minimum atomic E-state index is -0.252. The molecule has 2 unspecified atom stereocenters. The normalized spacial score (nSPS) is 20.4. The number of aromatic nitrogens is 4. The molecule has 0 bridgehead atoms. The van der Waals surface area contributed by atoms with Crippen LogP contribution in [0, 0.1) is 12.7 Å². The summed E-state index contributed by atoms with van der Waals surface area (Å²) in [7, 11) is 0. The number of rotatable bonds is 2. The second-order valence-corrected chi connectivity index (χ2v) is 6.36. The first-order valence-electron chi connectivity index (χ1n) is 7.77. The highest BCUT2D eigenvalue weighted by Gasteiger charge is 2.42. The van der Waals surface area contributed by atoms with Gasteiger partial charge in [-0.05, 0) is 37.1 Å². The van der Waals surface area contributed by atoms with Crippen molar-refractivity contribution in [2.45, 2.75) is 25.2 Å². The van der Waals surface area contributed by atoms with E-state index in [9.17, 15) is 4.39 Å². The maximum atomic E-state index is 13.3. The lowest BCUT2D eigenvalue weighted by atomic mass is 10.2. The van der Waals surface area contributed by atoms with Crippen LogP contribution in [0.5, 0.6) is 0 Å². The lowest BCUT2D eigenvalue weighted by Crippen LogP contribution is -1.84. The first-order valence-corrected chi connectivity index (χ1v) is 7.77. The molecule has 114 valence electrons. The zero-order chi connectivity index (χ0) is 15.6. The fourth-order valence-corrected chi connectivity index (χ4v) is 3.29. The second-order valence-electron chi connectivity index (χ2n) is 6.36. The summed E-state index contributed by atoms with van der Waals surface area (Å²) in [6.45, 7) is 2.07. The standard InChI is InChI=1S/C18H15FN4/c1-11-2-4-22-9-15(20-17(22)6-11)13-8-14(13)16-10-23-5-3-12(19)7-18(23)21-16/h2-7,9-10,13-14H,8H2,1H3. The smallest absolute Gasteiger partial charge is 0.139 e. The molecule has 0 aliphatic heterocycles. The van der Waals surface area contributed by atoms with Gasteiger partial charge in [-0.15, -0.1) is 0 Å². The van der Waals surface area contributed by atoms with E-state index in [4.69, 9.17) is 4.98 Å². The molecular formula is C18H15FN4. The molecule has 5 heteroatoms. The lowest BCUT2D eigenvalue weighted by molar-refractivity contribution is 0.626. The highest BCUT2D eigenvalue weighted by Crippen LogP contribution is 2.53. The molecule has 0 N–H and O–H groups in total. The van der Waals surface area contributed by atoms with Crippen molar-refractivity contribution in [3.8, 4) is 0 Å². The summed E-state index contributed by atoms with van der Waals surface area (Å²) in [5.74, 6) is 0.534. The SMILES string of the molecule is Cc1ccn2cc(C3CC3c3cn4ccc(F)cc4n3)nc2c1. The first-order chi connectivity index (χ1) is 11.2. The third-order valence-electron chi connectivity index (χ3n) is 4.63. The van der Waals surface area contributed by atoms with Crippen LogP contribution < -0.4 is 0 Å². The van der Waals surface area contributed by atoms with E-state index in [0.29, 0.717) is 17.5 Å². The Hall–Kier alpha value is -2.69. The third kappa shape index (κ3) is 2.04. The average molecular weight is 306 g/mol. The van der Waals surface area contributed by atoms with E-state index in [0.717, 1.165) is 23.5 Å². The number of fused-ring (bicyclic) bond motifs is 2. The topological polar surface area (TPSA) is 34.6 Å². The van der Waals surface area contributed by atoms with E-state index in [1.165, 1.54) is 17.7 Å². The van der Waals surface area contributed by atoms with Crippen molar-refractivity contribution in [2.24, 2.45) is 0 Å². The number of nitrogens with zero attached hydrogens (tertiary/aromatic N) is 4. The molecule has 5 rings (SSSR count). The zero-order valence-electron chi connectivity index (χ0n) is 12.6. The minimum absolute atomic E-state index is 0.252. The predicted octanol–water partition coefficient (Wildman–Crippen LogP) is 3.70. The molecule has 1 fully saturated rings. The van der Waals surface area contributed by atoms with Crippen LogP contribution in [0.4, 0.5) is 4.39 Å². The molecule has 1 saturated carbocycles. The van der Waals surface area contributed by atoms with Gasteiger partial charge in [0.15, 0.2) is 0 Å². The van der Waals surface area contributed by atoms with Gasteiger partial charge < -0.3 is 8.80 Å². The molecule has 0 amide bonds. The lowest BCUT2D eigenvalue weighted by Gasteiger charge is -1.92. The van der Waals surface area contributed by atoms with Crippen molar-refractivity contribution in [1.82, 2.24) is 18.8 Å². The molecule has 23 heavy (non-hydrogen) atoms. The number of hydrogen-bond donors (Lipinski definition) is 0. The number of aryl methyl sites for hydroxylation is 1. The van der Waals surface area contributed by atoms with Crippen molar-refractivity contribution < 1.29 is 4.39 Å². The Morgan fingerprint density at radius 3 is 2.26 bits per heavy atom. The fraction of sp³-hybridized carbons (Fsp3) is 0.222. The maximum absolute atomic E-state index is 13.3. The van der Waals surface area contributed by atoms with Gasteiger partial charge in [-0.25, -0.2) is 14.4 Å². The number of imidazole rings is 2. The Bertz CT molecular complexity index is 962. The molecule has 4 aromatic heterocycles. The Kier molecular flexibility index (Phi) is 2.46. The summed E-state index contributed by atoms with van der Waals surface area (Å²) in [5, 5.41) is 0. The van der Waals surface area contributed by atoms with Gasteiger partial charge in [-0.1, -0.05) is 0 Å². The van der Waals surface area contributed by atoms with Gasteiger partial charge in [0.25, 0.3) is 0 Å². The average Bonchev–Trinajstić information content (AvgIpc) is 3.04. The quantitative estimate of drug-likeness (QED) is 0.566. The van der Waals surface area contributed by atoms with Gasteiger partial charge >= 0.3 is 0 Å². The van der Waals surface area contributed by atoms with E-state index in [2.05, 4.69) is 34.6 Å². The highest BCUT2D eigenvalue weighted by atomic mass is 19.1. The molecule has 0 radical (unpaired) electrons. The van der Waals surface area contributed by atoms with Crippen molar-refractivity contribution in [1.29, 1.82) is 0 Å². The molecule has 0 spiro atoms. The fourth-order valence-electron chi connectivity index (χ4n) is 3.29. The molecule has 4 aromatic rings. The zero-order valence-corrected chi connectivity index (χ0v) is 12.6. The van der Waals surface area contributed by atoms with Crippen LogP contribution in [0.1, 0.15) is 35.2 Å². The number of hydrogen-bond acceptors (Lipinski definition) is 2.